The number of phosphoric acid groups is 2. The van der Waals surface area contributed by atoms with Crippen LogP contribution in [0.25, 0.3) is 0 Å². The average molecular weight is 1450 g/mol. The van der Waals surface area contributed by atoms with E-state index < -0.39 is 97.5 Å². The summed E-state index contributed by atoms with van der Waals surface area (Å²) in [7, 11) is -9.92. The van der Waals surface area contributed by atoms with Gasteiger partial charge in [0.25, 0.3) is 0 Å². The maximum absolute atomic E-state index is 13.1. The van der Waals surface area contributed by atoms with Crippen LogP contribution in [-0.4, -0.2) is 96.7 Å². The van der Waals surface area contributed by atoms with Crippen molar-refractivity contribution in [1.82, 2.24) is 0 Å². The van der Waals surface area contributed by atoms with E-state index in [-0.39, 0.29) is 25.7 Å². The highest BCUT2D eigenvalue weighted by atomic mass is 31.2. The molecule has 0 aromatic rings. The van der Waals surface area contributed by atoms with E-state index in [9.17, 15) is 43.2 Å². The molecule has 0 amide bonds. The highest BCUT2D eigenvalue weighted by Crippen LogP contribution is 2.45. The highest BCUT2D eigenvalue weighted by molar-refractivity contribution is 7.47. The maximum Gasteiger partial charge on any atom is 0.472 e. The molecular formula is C80H156O17P2. The molecule has 99 heavy (non-hydrogen) atoms. The predicted molar refractivity (Wildman–Crippen MR) is 405 cm³/mol. The molecule has 0 spiro atoms. The topological polar surface area (TPSA) is 237 Å². The number of esters is 4. The fourth-order valence-corrected chi connectivity index (χ4v) is 13.9. The normalized spacial score (nSPS) is 14.2. The van der Waals surface area contributed by atoms with Crippen molar-refractivity contribution < 1.29 is 80.2 Å². The van der Waals surface area contributed by atoms with Crippen molar-refractivity contribution in [2.45, 2.75) is 439 Å². The van der Waals surface area contributed by atoms with Crippen molar-refractivity contribution in [3.05, 3.63) is 0 Å². The van der Waals surface area contributed by atoms with Gasteiger partial charge in [-0.25, -0.2) is 9.13 Å². The van der Waals surface area contributed by atoms with Gasteiger partial charge in [0.05, 0.1) is 26.4 Å². The molecule has 0 aromatic heterocycles. The number of hydrogen-bond donors (Lipinski definition) is 3. The van der Waals surface area contributed by atoms with E-state index in [0.29, 0.717) is 25.7 Å². The molecule has 17 nitrogen and oxygen atoms in total. The average Bonchev–Trinajstić information content (AvgIpc) is 1.00. The largest absolute Gasteiger partial charge is 0.472 e. The van der Waals surface area contributed by atoms with E-state index >= 15 is 0 Å². The van der Waals surface area contributed by atoms with Crippen molar-refractivity contribution in [1.29, 1.82) is 0 Å². The zero-order chi connectivity index (χ0) is 72.8. The summed E-state index contributed by atoms with van der Waals surface area (Å²) in [5.74, 6) is -0.546. The Hall–Kier alpha value is -1.94. The van der Waals surface area contributed by atoms with Crippen LogP contribution in [0.2, 0.25) is 0 Å². The minimum Gasteiger partial charge on any atom is -0.462 e. The molecule has 3 N–H and O–H groups in total. The summed E-state index contributed by atoms with van der Waals surface area (Å²) >= 11 is 0. The van der Waals surface area contributed by atoms with Crippen LogP contribution in [0.5, 0.6) is 0 Å². The van der Waals surface area contributed by atoms with Gasteiger partial charge in [-0.2, -0.15) is 0 Å². The van der Waals surface area contributed by atoms with Gasteiger partial charge < -0.3 is 33.8 Å². The molecule has 19 heteroatoms. The van der Waals surface area contributed by atoms with Gasteiger partial charge in [-0.3, -0.25) is 37.3 Å². The third kappa shape index (κ3) is 72.8. The van der Waals surface area contributed by atoms with Crippen molar-refractivity contribution in [3.63, 3.8) is 0 Å². The van der Waals surface area contributed by atoms with Crippen molar-refractivity contribution >= 4 is 39.5 Å². The first-order chi connectivity index (χ1) is 47.9. The number of unbranched alkanes of at least 4 members (excludes halogenated alkanes) is 48. The fraction of sp³-hybridized carbons (Fsp3) is 0.950. The van der Waals surface area contributed by atoms with Gasteiger partial charge in [0.15, 0.2) is 12.2 Å². The van der Waals surface area contributed by atoms with Gasteiger partial charge in [-0.15, -0.1) is 0 Å². The molecule has 0 radical (unpaired) electrons. The maximum atomic E-state index is 13.1. The number of aliphatic hydroxyl groups is 1. The summed E-state index contributed by atoms with van der Waals surface area (Å²) in [5.41, 5.74) is 0. The van der Waals surface area contributed by atoms with Crippen LogP contribution in [0.1, 0.15) is 420 Å². The van der Waals surface area contributed by atoms with Crippen LogP contribution in [0, 0.1) is 11.8 Å². The SMILES string of the molecule is CCCCCCCCCCCCCCCCCCC(=O)OC[C@H](COP(=O)(O)OC[C@@H](O)COP(=O)(O)OC[C@@H](COC(=O)CCCCCCCCCCCCC(C)C)OC(=O)CCCCCCCCCCCCC(C)CC)OC(=O)CCCCCCCCCCCCCCCCCC. The Bertz CT molecular complexity index is 1910. The molecule has 0 aliphatic carbocycles. The molecule has 0 aromatic carbocycles. The number of hydrogen-bond acceptors (Lipinski definition) is 15. The first-order valence-electron chi connectivity index (χ1n) is 41.5. The molecule has 0 saturated carbocycles. The molecular weight excluding hydrogens is 1290 g/mol. The minimum atomic E-state index is -4.96. The van der Waals surface area contributed by atoms with Crippen LogP contribution in [-0.2, 0) is 65.4 Å². The van der Waals surface area contributed by atoms with Gasteiger partial charge in [0, 0.05) is 25.7 Å². The Morgan fingerprint density at radius 1 is 0.293 bits per heavy atom. The highest BCUT2D eigenvalue weighted by Gasteiger charge is 2.30. The van der Waals surface area contributed by atoms with E-state index in [0.717, 1.165) is 102 Å². The first-order valence-corrected chi connectivity index (χ1v) is 44.5. The van der Waals surface area contributed by atoms with E-state index in [1.165, 1.54) is 238 Å². The van der Waals surface area contributed by atoms with Crippen LogP contribution < -0.4 is 0 Å². The van der Waals surface area contributed by atoms with Gasteiger partial charge in [-0.1, -0.05) is 369 Å². The van der Waals surface area contributed by atoms with E-state index in [1.807, 2.05) is 0 Å². The summed E-state index contributed by atoms with van der Waals surface area (Å²) in [5, 5.41) is 10.6. The Labute approximate surface area is 607 Å². The van der Waals surface area contributed by atoms with Gasteiger partial charge in [-0.05, 0) is 37.5 Å². The minimum absolute atomic E-state index is 0.106. The monoisotopic (exact) mass is 1450 g/mol. The lowest BCUT2D eigenvalue weighted by Crippen LogP contribution is -2.30. The Kier molecular flexibility index (Phi) is 70.3. The number of aliphatic hydroxyl groups excluding tert-OH is 1. The first kappa shape index (κ1) is 97.1. The van der Waals surface area contributed by atoms with Crippen LogP contribution in [0.15, 0.2) is 0 Å². The lowest BCUT2D eigenvalue weighted by molar-refractivity contribution is -0.161. The zero-order valence-corrected chi connectivity index (χ0v) is 66.6. The second-order valence-electron chi connectivity index (χ2n) is 29.5. The number of carbonyl (C=O) groups is 4. The molecule has 0 heterocycles. The summed E-state index contributed by atoms with van der Waals surface area (Å²) < 4.78 is 68.7. The predicted octanol–water partition coefficient (Wildman–Crippen LogP) is 23.9. The Morgan fingerprint density at radius 2 is 0.515 bits per heavy atom. The molecule has 0 aliphatic rings. The second kappa shape index (κ2) is 71.7. The molecule has 0 saturated heterocycles. The lowest BCUT2D eigenvalue weighted by Gasteiger charge is -2.21. The van der Waals surface area contributed by atoms with Crippen molar-refractivity contribution in [2.24, 2.45) is 11.8 Å². The van der Waals surface area contributed by atoms with Gasteiger partial charge in [0.1, 0.15) is 19.3 Å². The molecule has 3 unspecified atom stereocenters. The Morgan fingerprint density at radius 3 is 0.768 bits per heavy atom. The summed E-state index contributed by atoms with van der Waals surface area (Å²) in [4.78, 5) is 73.0. The summed E-state index contributed by atoms with van der Waals surface area (Å²) in [6, 6.07) is 0. The van der Waals surface area contributed by atoms with E-state index in [1.54, 1.807) is 0 Å². The molecule has 0 rings (SSSR count). The van der Waals surface area contributed by atoms with Crippen LogP contribution in [0.3, 0.4) is 0 Å². The summed E-state index contributed by atoms with van der Waals surface area (Å²) in [6.45, 7) is 9.66. The number of ether oxygens (including phenoxy) is 4. The standard InChI is InChI=1S/C80H156O17P2/c1-7-10-12-14-16-18-20-22-24-26-28-30-38-44-50-56-62-77(82)90-68-75(96-79(84)64-58-52-46-40-31-29-27-25-23-21-19-17-15-13-11-8-2)70-94-98(86,87)92-66-74(81)67-93-99(88,89)95-71-76(69-91-78(83)63-57-51-45-39-34-32-36-42-48-54-60-72(4)5)97-80(85)65-59-53-47-41-35-33-37-43-49-55-61-73(6)9-3/h72-76,81H,7-71H2,1-6H3,(H,86,87)(H,88,89)/t73?,74-,75-,76-/m1/s1. The zero-order valence-electron chi connectivity index (χ0n) is 64.8. The Balaban J connectivity index is 5.27. The molecule has 6 atom stereocenters. The number of rotatable bonds is 79. The quantitative estimate of drug-likeness (QED) is 0.0222. The fourth-order valence-electron chi connectivity index (χ4n) is 12.3. The third-order valence-corrected chi connectivity index (χ3v) is 21.0. The van der Waals surface area contributed by atoms with Crippen LogP contribution >= 0.6 is 15.6 Å². The molecule has 588 valence electrons. The van der Waals surface area contributed by atoms with E-state index in [2.05, 4.69) is 41.5 Å². The molecule has 0 bridgehead atoms. The van der Waals surface area contributed by atoms with Gasteiger partial charge in [0.2, 0.25) is 0 Å². The molecule has 0 fully saturated rings. The lowest BCUT2D eigenvalue weighted by atomic mass is 9.99. The number of carbonyl (C=O) groups excluding carboxylic acids is 4. The van der Waals surface area contributed by atoms with Crippen LogP contribution in [0.4, 0.5) is 0 Å². The molecule has 0 aliphatic heterocycles. The van der Waals surface area contributed by atoms with E-state index in [4.69, 9.17) is 37.0 Å². The summed E-state index contributed by atoms with van der Waals surface area (Å²) in [6.07, 6.45) is 60.8. The van der Waals surface area contributed by atoms with Crippen molar-refractivity contribution in [2.75, 3.05) is 39.6 Å². The van der Waals surface area contributed by atoms with Gasteiger partial charge >= 0.3 is 39.5 Å². The second-order valence-corrected chi connectivity index (χ2v) is 32.4. The smallest absolute Gasteiger partial charge is 0.462 e. The third-order valence-electron chi connectivity index (χ3n) is 19.1. The van der Waals surface area contributed by atoms with Crippen molar-refractivity contribution in [3.8, 4) is 0 Å². The number of phosphoric ester groups is 2.